The van der Waals surface area contributed by atoms with E-state index in [0.717, 1.165) is 12.2 Å². The number of aryl methyl sites for hydroxylation is 1. The maximum absolute atomic E-state index is 12.6. The smallest absolute Gasteiger partial charge is 0.246 e. The van der Waals surface area contributed by atoms with Gasteiger partial charge in [-0.1, -0.05) is 0 Å². The molecule has 0 aliphatic carbocycles. The normalized spacial score (nSPS) is 13.9. The zero-order chi connectivity index (χ0) is 15.3. The van der Waals surface area contributed by atoms with Gasteiger partial charge in [0.05, 0.1) is 6.54 Å². The highest BCUT2D eigenvalue weighted by Gasteiger charge is 2.29. The largest absolute Gasteiger partial charge is 0.464 e. The van der Waals surface area contributed by atoms with E-state index in [1.165, 1.54) is 4.31 Å². The summed E-state index contributed by atoms with van der Waals surface area (Å²) in [6.07, 6.45) is 2.85. The SMILES string of the molecule is CNCc1cc(S(=O)(=O)N(C)C(C)CCSC)c(C)o1. The molecule has 1 atom stereocenters. The van der Waals surface area contributed by atoms with Crippen LogP contribution in [-0.2, 0) is 16.6 Å². The topological polar surface area (TPSA) is 62.6 Å². The third-order valence-electron chi connectivity index (χ3n) is 3.29. The van der Waals surface area contributed by atoms with Gasteiger partial charge in [0.2, 0.25) is 10.0 Å². The van der Waals surface area contributed by atoms with Crippen LogP contribution >= 0.6 is 11.8 Å². The van der Waals surface area contributed by atoms with E-state index < -0.39 is 10.0 Å². The van der Waals surface area contributed by atoms with Gasteiger partial charge in [0, 0.05) is 19.2 Å². The third kappa shape index (κ3) is 4.00. The van der Waals surface area contributed by atoms with Crippen molar-refractivity contribution in [2.75, 3.05) is 26.1 Å². The van der Waals surface area contributed by atoms with Crippen molar-refractivity contribution >= 4 is 21.8 Å². The van der Waals surface area contributed by atoms with Crippen molar-refractivity contribution in [1.82, 2.24) is 9.62 Å². The summed E-state index contributed by atoms with van der Waals surface area (Å²) in [5.41, 5.74) is 0. The lowest BCUT2D eigenvalue weighted by Gasteiger charge is -2.23. The van der Waals surface area contributed by atoms with E-state index in [-0.39, 0.29) is 10.9 Å². The van der Waals surface area contributed by atoms with Crippen molar-refractivity contribution < 1.29 is 12.8 Å². The van der Waals surface area contributed by atoms with Gasteiger partial charge in [0.25, 0.3) is 0 Å². The van der Waals surface area contributed by atoms with Crippen LogP contribution < -0.4 is 5.32 Å². The zero-order valence-corrected chi connectivity index (χ0v) is 14.4. The fraction of sp³-hybridized carbons (Fsp3) is 0.692. The molecule has 1 unspecified atom stereocenters. The summed E-state index contributed by atoms with van der Waals surface area (Å²) in [5, 5.41) is 2.95. The van der Waals surface area contributed by atoms with Gasteiger partial charge in [-0.15, -0.1) is 0 Å². The molecule has 0 radical (unpaired) electrons. The molecule has 0 amide bonds. The van der Waals surface area contributed by atoms with Crippen LogP contribution in [0.25, 0.3) is 0 Å². The Morgan fingerprint density at radius 2 is 2.15 bits per heavy atom. The Morgan fingerprint density at radius 1 is 1.50 bits per heavy atom. The highest BCUT2D eigenvalue weighted by Crippen LogP contribution is 2.25. The predicted molar refractivity (Wildman–Crippen MR) is 83.6 cm³/mol. The molecule has 1 rings (SSSR count). The lowest BCUT2D eigenvalue weighted by Crippen LogP contribution is -2.35. The van der Waals surface area contributed by atoms with E-state index in [1.807, 2.05) is 13.2 Å². The quantitative estimate of drug-likeness (QED) is 0.794. The van der Waals surface area contributed by atoms with Gasteiger partial charge >= 0.3 is 0 Å². The highest BCUT2D eigenvalue weighted by atomic mass is 32.2. The van der Waals surface area contributed by atoms with Crippen LogP contribution in [0.15, 0.2) is 15.4 Å². The van der Waals surface area contributed by atoms with E-state index >= 15 is 0 Å². The summed E-state index contributed by atoms with van der Waals surface area (Å²) in [6.45, 7) is 4.13. The summed E-state index contributed by atoms with van der Waals surface area (Å²) < 4.78 is 32.1. The van der Waals surface area contributed by atoms with Gasteiger partial charge in [-0.05, 0) is 39.3 Å². The van der Waals surface area contributed by atoms with Gasteiger partial charge in [0.1, 0.15) is 16.4 Å². The van der Waals surface area contributed by atoms with Crippen LogP contribution in [0.2, 0.25) is 0 Å². The fourth-order valence-electron chi connectivity index (χ4n) is 1.90. The highest BCUT2D eigenvalue weighted by molar-refractivity contribution is 7.98. The summed E-state index contributed by atoms with van der Waals surface area (Å²) >= 11 is 1.72. The third-order valence-corrected chi connectivity index (χ3v) is 6.01. The second-order valence-corrected chi connectivity index (χ2v) is 7.77. The summed E-state index contributed by atoms with van der Waals surface area (Å²) in [5.74, 6) is 2.02. The summed E-state index contributed by atoms with van der Waals surface area (Å²) in [4.78, 5) is 0.265. The molecule has 0 bridgehead atoms. The van der Waals surface area contributed by atoms with Gasteiger partial charge < -0.3 is 9.73 Å². The van der Waals surface area contributed by atoms with Crippen molar-refractivity contribution in [2.45, 2.75) is 37.8 Å². The maximum Gasteiger partial charge on any atom is 0.246 e. The minimum atomic E-state index is -3.49. The predicted octanol–water partition coefficient (Wildman–Crippen LogP) is 2.07. The second-order valence-electron chi connectivity index (χ2n) is 4.82. The van der Waals surface area contributed by atoms with E-state index in [0.29, 0.717) is 18.1 Å². The molecule has 20 heavy (non-hydrogen) atoms. The Balaban J connectivity index is 2.97. The molecule has 0 aromatic carbocycles. The van der Waals surface area contributed by atoms with Crippen molar-refractivity contribution in [3.8, 4) is 0 Å². The molecule has 0 spiro atoms. The molecular formula is C13H24N2O3S2. The fourth-order valence-corrected chi connectivity index (χ4v) is 4.06. The Labute approximate surface area is 126 Å². The minimum absolute atomic E-state index is 0.0329. The standard InChI is InChI=1S/C13H24N2O3S2/c1-10(6-7-19-5)15(4)20(16,17)13-8-12(9-14-3)18-11(13)2/h8,10,14H,6-7,9H2,1-5H3. The molecule has 0 aliphatic heterocycles. The van der Waals surface area contributed by atoms with Crippen molar-refractivity contribution in [2.24, 2.45) is 0 Å². The first-order chi connectivity index (χ1) is 9.34. The molecule has 116 valence electrons. The van der Waals surface area contributed by atoms with E-state index in [2.05, 4.69) is 5.32 Å². The molecule has 5 nitrogen and oxygen atoms in total. The number of furan rings is 1. The Bertz CT molecular complexity index is 526. The first kappa shape index (κ1) is 17.6. The molecule has 1 aromatic heterocycles. The number of nitrogens with zero attached hydrogens (tertiary/aromatic N) is 1. The van der Waals surface area contributed by atoms with E-state index in [1.54, 1.807) is 38.8 Å². The molecule has 0 saturated carbocycles. The summed E-state index contributed by atoms with van der Waals surface area (Å²) in [6, 6.07) is 1.58. The van der Waals surface area contributed by atoms with Gasteiger partial charge in [-0.3, -0.25) is 0 Å². The van der Waals surface area contributed by atoms with Crippen molar-refractivity contribution in [1.29, 1.82) is 0 Å². The molecule has 1 heterocycles. The Morgan fingerprint density at radius 3 is 2.70 bits per heavy atom. The number of hydrogen-bond donors (Lipinski definition) is 1. The van der Waals surface area contributed by atoms with Gasteiger partial charge in [0.15, 0.2) is 0 Å². The lowest BCUT2D eigenvalue weighted by atomic mass is 10.3. The molecule has 1 N–H and O–H groups in total. The first-order valence-electron chi connectivity index (χ1n) is 6.55. The van der Waals surface area contributed by atoms with Crippen molar-refractivity contribution in [3.63, 3.8) is 0 Å². The Kier molecular flexibility index (Phi) is 6.57. The average molecular weight is 320 g/mol. The number of thioether (sulfide) groups is 1. The van der Waals surface area contributed by atoms with Gasteiger partial charge in [-0.2, -0.15) is 16.1 Å². The lowest BCUT2D eigenvalue weighted by molar-refractivity contribution is 0.381. The van der Waals surface area contributed by atoms with Crippen LogP contribution in [0, 0.1) is 6.92 Å². The molecule has 7 heteroatoms. The maximum atomic E-state index is 12.6. The van der Waals surface area contributed by atoms with Crippen molar-refractivity contribution in [3.05, 3.63) is 17.6 Å². The van der Waals surface area contributed by atoms with Crippen LogP contribution in [0.5, 0.6) is 0 Å². The van der Waals surface area contributed by atoms with Crippen LogP contribution in [0.3, 0.4) is 0 Å². The van der Waals surface area contributed by atoms with Crippen LogP contribution in [-0.4, -0.2) is 44.9 Å². The van der Waals surface area contributed by atoms with Crippen LogP contribution in [0.1, 0.15) is 24.9 Å². The molecule has 0 aliphatic rings. The van der Waals surface area contributed by atoms with E-state index in [4.69, 9.17) is 4.42 Å². The van der Waals surface area contributed by atoms with Crippen LogP contribution in [0.4, 0.5) is 0 Å². The molecule has 0 saturated heterocycles. The Hall–Kier alpha value is -0.500. The first-order valence-corrected chi connectivity index (χ1v) is 9.38. The molecule has 0 fully saturated rings. The second kappa shape index (κ2) is 7.49. The molecular weight excluding hydrogens is 296 g/mol. The average Bonchev–Trinajstić information content (AvgIpc) is 2.77. The number of nitrogens with one attached hydrogen (secondary N) is 1. The van der Waals surface area contributed by atoms with E-state index in [9.17, 15) is 8.42 Å². The zero-order valence-electron chi connectivity index (χ0n) is 12.8. The monoisotopic (exact) mass is 320 g/mol. The number of rotatable bonds is 8. The minimum Gasteiger partial charge on any atom is -0.464 e. The number of sulfonamides is 1. The number of hydrogen-bond acceptors (Lipinski definition) is 5. The molecule has 1 aromatic rings. The van der Waals surface area contributed by atoms with Gasteiger partial charge in [-0.25, -0.2) is 8.42 Å². The summed E-state index contributed by atoms with van der Waals surface area (Å²) in [7, 11) is -0.0705.